The third-order valence-electron chi connectivity index (χ3n) is 6.13. The van der Waals surface area contributed by atoms with Gasteiger partial charge >= 0.3 is 6.03 Å². The molecule has 5 rings (SSSR count). The van der Waals surface area contributed by atoms with Crippen LogP contribution in [-0.4, -0.2) is 36.0 Å². The van der Waals surface area contributed by atoms with Crippen LogP contribution in [0.3, 0.4) is 0 Å². The standard InChI is InChI=1S/C27H22FN3O5/c1-34-21-11-5-18(6-12-21)27(19-7-13-22(35-2)14-8-19)25(32)31(26(33)30-27)16-24-29-15-23(36-24)17-3-9-20(28)10-4-17/h3-15H,16H2,1-2H3,(H,30,33). The molecule has 1 fully saturated rings. The summed E-state index contributed by atoms with van der Waals surface area (Å²) in [6.45, 7) is -0.181. The zero-order chi connectivity index (χ0) is 25.3. The maximum atomic E-state index is 13.9. The van der Waals surface area contributed by atoms with E-state index in [1.54, 1.807) is 74.9 Å². The van der Waals surface area contributed by atoms with Gasteiger partial charge in [0, 0.05) is 5.56 Å². The maximum absolute atomic E-state index is 13.9. The lowest BCUT2D eigenvalue weighted by atomic mass is 9.82. The Hall–Kier alpha value is -4.66. The van der Waals surface area contributed by atoms with E-state index in [1.807, 2.05) is 0 Å². The van der Waals surface area contributed by atoms with E-state index in [0.717, 1.165) is 4.90 Å². The summed E-state index contributed by atoms with van der Waals surface area (Å²) in [6, 6.07) is 19.0. The SMILES string of the molecule is COc1ccc(C2(c3ccc(OC)cc3)NC(=O)N(Cc3ncc(-c4ccc(F)cc4)o3)C2=O)cc1. The average molecular weight is 487 g/mol. The number of amides is 3. The molecule has 1 aliphatic heterocycles. The molecule has 1 N–H and O–H groups in total. The minimum Gasteiger partial charge on any atom is -0.497 e. The summed E-state index contributed by atoms with van der Waals surface area (Å²) in [4.78, 5) is 32.4. The molecule has 0 bridgehead atoms. The van der Waals surface area contributed by atoms with Crippen molar-refractivity contribution in [3.05, 3.63) is 102 Å². The van der Waals surface area contributed by atoms with E-state index in [2.05, 4.69) is 10.3 Å². The van der Waals surface area contributed by atoms with Crippen LogP contribution in [0, 0.1) is 5.82 Å². The number of ether oxygens (including phenoxy) is 2. The number of benzene rings is 3. The van der Waals surface area contributed by atoms with Crippen LogP contribution in [0.2, 0.25) is 0 Å². The second kappa shape index (κ2) is 9.18. The van der Waals surface area contributed by atoms with Gasteiger partial charge in [-0.25, -0.2) is 14.2 Å². The first-order chi connectivity index (χ1) is 17.4. The number of nitrogens with one attached hydrogen (secondary N) is 1. The Morgan fingerprint density at radius 2 is 1.44 bits per heavy atom. The number of hydrogen-bond donors (Lipinski definition) is 1. The third kappa shape index (κ3) is 3.94. The van der Waals surface area contributed by atoms with Gasteiger partial charge in [-0.3, -0.25) is 9.69 Å². The Labute approximate surface area is 206 Å². The van der Waals surface area contributed by atoms with Gasteiger partial charge in [-0.05, 0) is 59.7 Å². The fraction of sp³-hybridized carbons (Fsp3) is 0.148. The molecule has 36 heavy (non-hydrogen) atoms. The molecule has 8 nitrogen and oxygen atoms in total. The molecule has 0 aliphatic carbocycles. The van der Waals surface area contributed by atoms with Crippen LogP contribution >= 0.6 is 0 Å². The second-order valence-electron chi connectivity index (χ2n) is 8.15. The maximum Gasteiger partial charge on any atom is 0.326 e. The van der Waals surface area contributed by atoms with Crippen molar-refractivity contribution in [3.63, 3.8) is 0 Å². The van der Waals surface area contributed by atoms with E-state index >= 15 is 0 Å². The van der Waals surface area contributed by atoms with Crippen LogP contribution in [0.25, 0.3) is 11.3 Å². The number of hydrogen-bond acceptors (Lipinski definition) is 6. The number of imide groups is 1. The fourth-order valence-corrected chi connectivity index (χ4v) is 4.23. The minimum absolute atomic E-state index is 0.165. The van der Waals surface area contributed by atoms with Gasteiger partial charge in [0.1, 0.15) is 23.9 Å². The normalized spacial score (nSPS) is 14.6. The monoisotopic (exact) mass is 487 g/mol. The van der Waals surface area contributed by atoms with Gasteiger partial charge in [0.25, 0.3) is 5.91 Å². The number of urea groups is 1. The van der Waals surface area contributed by atoms with Gasteiger partial charge in [0.2, 0.25) is 5.89 Å². The van der Waals surface area contributed by atoms with Crippen molar-refractivity contribution in [2.45, 2.75) is 12.1 Å². The van der Waals surface area contributed by atoms with Crippen molar-refractivity contribution >= 4 is 11.9 Å². The zero-order valence-electron chi connectivity index (χ0n) is 19.5. The summed E-state index contributed by atoms with van der Waals surface area (Å²) in [7, 11) is 3.10. The van der Waals surface area contributed by atoms with Crippen molar-refractivity contribution in [1.82, 2.24) is 15.2 Å². The summed E-state index contributed by atoms with van der Waals surface area (Å²) in [5, 5.41) is 2.88. The van der Waals surface area contributed by atoms with Gasteiger partial charge in [0.15, 0.2) is 11.3 Å². The van der Waals surface area contributed by atoms with Gasteiger partial charge in [0.05, 0.1) is 20.4 Å². The first-order valence-electron chi connectivity index (χ1n) is 11.1. The molecule has 3 amide bonds. The van der Waals surface area contributed by atoms with Crippen molar-refractivity contribution in [2.24, 2.45) is 0 Å². The number of halogens is 1. The lowest BCUT2D eigenvalue weighted by Gasteiger charge is -2.28. The van der Waals surface area contributed by atoms with Crippen molar-refractivity contribution in [2.75, 3.05) is 14.2 Å². The van der Waals surface area contributed by atoms with Gasteiger partial charge in [-0.2, -0.15) is 0 Å². The smallest absolute Gasteiger partial charge is 0.326 e. The van der Waals surface area contributed by atoms with Crippen LogP contribution in [0.5, 0.6) is 11.5 Å². The van der Waals surface area contributed by atoms with Gasteiger partial charge in [-0.15, -0.1) is 0 Å². The van der Waals surface area contributed by atoms with Crippen LogP contribution in [-0.2, 0) is 16.9 Å². The lowest BCUT2D eigenvalue weighted by molar-refractivity contribution is -0.130. The summed E-state index contributed by atoms with van der Waals surface area (Å²) in [5.74, 6) is 0.943. The van der Waals surface area contributed by atoms with Crippen LogP contribution in [0.15, 0.2) is 83.4 Å². The number of nitrogens with zero attached hydrogens (tertiary/aromatic N) is 2. The summed E-state index contributed by atoms with van der Waals surface area (Å²) in [5.41, 5.74) is 0.280. The Balaban J connectivity index is 1.50. The molecule has 0 atom stereocenters. The number of oxazole rings is 1. The van der Waals surface area contributed by atoms with Crippen molar-refractivity contribution in [1.29, 1.82) is 0 Å². The Morgan fingerprint density at radius 1 is 0.889 bits per heavy atom. The van der Waals surface area contributed by atoms with Crippen LogP contribution in [0.1, 0.15) is 17.0 Å². The predicted octanol–water partition coefficient (Wildman–Crippen LogP) is 4.49. The van der Waals surface area contributed by atoms with Crippen molar-refractivity contribution in [3.8, 4) is 22.8 Å². The van der Waals surface area contributed by atoms with Gasteiger partial charge in [-0.1, -0.05) is 24.3 Å². The largest absolute Gasteiger partial charge is 0.497 e. The number of carbonyl (C=O) groups is 2. The van der Waals surface area contributed by atoms with E-state index in [9.17, 15) is 14.0 Å². The van der Waals surface area contributed by atoms with Crippen LogP contribution in [0.4, 0.5) is 9.18 Å². The van der Waals surface area contributed by atoms with Crippen LogP contribution < -0.4 is 14.8 Å². The van der Waals surface area contributed by atoms with Gasteiger partial charge < -0.3 is 19.2 Å². The van der Waals surface area contributed by atoms with Crippen molar-refractivity contribution < 1.29 is 27.9 Å². The average Bonchev–Trinajstić information content (AvgIpc) is 3.48. The van der Waals surface area contributed by atoms with E-state index in [4.69, 9.17) is 13.9 Å². The molecule has 9 heteroatoms. The molecular formula is C27H22FN3O5. The number of carbonyl (C=O) groups excluding carboxylic acids is 2. The van der Waals surface area contributed by atoms with E-state index in [1.165, 1.54) is 18.3 Å². The molecule has 0 unspecified atom stereocenters. The molecule has 1 aliphatic rings. The molecule has 0 spiro atoms. The molecule has 0 radical (unpaired) electrons. The summed E-state index contributed by atoms with van der Waals surface area (Å²) in [6.07, 6.45) is 1.47. The molecule has 182 valence electrons. The topological polar surface area (TPSA) is 93.9 Å². The zero-order valence-corrected chi connectivity index (χ0v) is 19.5. The third-order valence-corrected chi connectivity index (χ3v) is 6.13. The molecule has 2 heterocycles. The quantitative estimate of drug-likeness (QED) is 0.386. The first kappa shape index (κ1) is 23.1. The molecule has 0 saturated carbocycles. The second-order valence-corrected chi connectivity index (χ2v) is 8.15. The Kier molecular flexibility index (Phi) is 5.89. The lowest BCUT2D eigenvalue weighted by Crippen LogP contribution is -2.45. The van der Waals surface area contributed by atoms with E-state index < -0.39 is 17.5 Å². The Morgan fingerprint density at radius 3 is 1.97 bits per heavy atom. The number of rotatable bonds is 7. The highest BCUT2D eigenvalue weighted by atomic mass is 19.1. The minimum atomic E-state index is -1.47. The molecule has 1 saturated heterocycles. The number of aromatic nitrogens is 1. The highest BCUT2D eigenvalue weighted by molar-refractivity contribution is 6.09. The fourth-order valence-electron chi connectivity index (χ4n) is 4.23. The molecule has 3 aromatic carbocycles. The predicted molar refractivity (Wildman–Crippen MR) is 128 cm³/mol. The molecular weight excluding hydrogens is 465 g/mol. The summed E-state index contributed by atoms with van der Waals surface area (Å²) >= 11 is 0. The first-order valence-corrected chi connectivity index (χ1v) is 11.1. The molecule has 4 aromatic rings. The highest BCUT2D eigenvalue weighted by Crippen LogP contribution is 2.38. The van der Waals surface area contributed by atoms with E-state index in [-0.39, 0.29) is 18.3 Å². The highest BCUT2D eigenvalue weighted by Gasteiger charge is 2.54. The Bertz CT molecular complexity index is 1350. The summed E-state index contributed by atoms with van der Waals surface area (Å²) < 4.78 is 29.5. The molecule has 1 aromatic heterocycles. The van der Waals surface area contributed by atoms with E-state index in [0.29, 0.717) is 33.9 Å². The number of methoxy groups -OCH3 is 2.